The second-order valence-electron chi connectivity index (χ2n) is 5.69. The van der Waals surface area contributed by atoms with Crippen LogP contribution in [0.4, 0.5) is 0 Å². The van der Waals surface area contributed by atoms with Gasteiger partial charge in [0.15, 0.2) is 6.54 Å². The number of nitrogens with one attached hydrogen (secondary N) is 1. The van der Waals surface area contributed by atoms with Gasteiger partial charge in [0, 0.05) is 13.1 Å². The average molecular weight is 315 g/mol. The van der Waals surface area contributed by atoms with Crippen molar-refractivity contribution in [3.63, 3.8) is 0 Å². The summed E-state index contributed by atoms with van der Waals surface area (Å²) < 4.78 is 11.1. The van der Waals surface area contributed by atoms with Crippen molar-refractivity contribution in [3.8, 4) is 0 Å². The van der Waals surface area contributed by atoms with E-state index in [9.17, 15) is 4.79 Å². The van der Waals surface area contributed by atoms with Crippen molar-refractivity contribution in [2.75, 3.05) is 32.9 Å². The van der Waals surface area contributed by atoms with Gasteiger partial charge in [0.2, 0.25) is 5.91 Å². The molecule has 1 amide bonds. The molecular weight excluding hydrogens is 292 g/mol. The Morgan fingerprint density at radius 2 is 2.00 bits per heavy atom. The topological polar surface area (TPSA) is 72.9 Å². The zero-order chi connectivity index (χ0) is 15.4. The molecule has 1 saturated heterocycles. The lowest BCUT2D eigenvalue weighted by Gasteiger charge is -2.35. The van der Waals surface area contributed by atoms with Crippen LogP contribution < -0.4 is 4.90 Å². The molecule has 1 fully saturated rings. The Hall–Kier alpha value is -1.12. The molecule has 1 aromatic heterocycles. The van der Waals surface area contributed by atoms with E-state index in [4.69, 9.17) is 9.15 Å². The third kappa shape index (κ3) is 4.98. The number of amides is 1. The highest BCUT2D eigenvalue weighted by Gasteiger charge is 2.26. The Bertz CT molecular complexity index is 470. The largest absolute Gasteiger partial charge is 0.410 e. The van der Waals surface area contributed by atoms with E-state index in [2.05, 4.69) is 10.2 Å². The van der Waals surface area contributed by atoms with Crippen LogP contribution in [-0.2, 0) is 16.1 Å². The zero-order valence-corrected chi connectivity index (χ0v) is 13.8. The molecule has 0 aromatic carbocycles. The van der Waals surface area contributed by atoms with E-state index in [-0.39, 0.29) is 18.1 Å². The lowest BCUT2D eigenvalue weighted by Crippen LogP contribution is -3.04. The molecule has 118 valence electrons. The van der Waals surface area contributed by atoms with Crippen LogP contribution in [-0.4, -0.2) is 66.2 Å². The Kier molecular flexibility index (Phi) is 5.60. The van der Waals surface area contributed by atoms with Crippen LogP contribution in [0.15, 0.2) is 9.64 Å². The van der Waals surface area contributed by atoms with E-state index in [1.54, 1.807) is 0 Å². The van der Waals surface area contributed by atoms with E-state index < -0.39 is 0 Å². The van der Waals surface area contributed by atoms with E-state index in [1.807, 2.05) is 32.8 Å². The number of hydrogen-bond donors (Lipinski definition) is 1. The van der Waals surface area contributed by atoms with Crippen molar-refractivity contribution in [3.05, 3.63) is 5.89 Å². The van der Waals surface area contributed by atoms with Crippen molar-refractivity contribution in [2.24, 2.45) is 0 Å². The summed E-state index contributed by atoms with van der Waals surface area (Å²) >= 11 is 1.29. The fourth-order valence-corrected chi connectivity index (χ4v) is 2.95. The normalized spacial score (nSPS) is 22.8. The lowest BCUT2D eigenvalue weighted by atomic mass is 10.2. The molecular formula is C13H23N4O3S+. The van der Waals surface area contributed by atoms with Gasteiger partial charge >= 0.3 is 0 Å². The maximum absolute atomic E-state index is 12.2. The molecule has 0 saturated carbocycles. The van der Waals surface area contributed by atoms with Gasteiger partial charge in [-0.1, -0.05) is 11.8 Å². The first-order valence-corrected chi connectivity index (χ1v) is 8.10. The molecule has 2 rings (SSSR count). The monoisotopic (exact) mass is 315 g/mol. The number of nitrogens with zero attached hydrogens (tertiary/aromatic N) is 3. The SMILES string of the molecule is C[C@@H]1CN(C(=O)CSc2nnc(C[NH+](C)C)o2)C[C@@H](C)O1. The standard InChI is InChI=1S/C13H22N4O3S/c1-9-5-17(6-10(2)19-9)12(18)8-21-13-15-14-11(20-13)7-16(3)4/h9-10H,5-8H2,1-4H3/p+1/t9-,10-/m1/s1. The number of carbonyl (C=O) groups is 1. The van der Waals surface area contributed by atoms with Gasteiger partial charge in [-0.3, -0.25) is 4.79 Å². The maximum atomic E-state index is 12.2. The van der Waals surface area contributed by atoms with Crippen molar-refractivity contribution < 1.29 is 18.8 Å². The highest BCUT2D eigenvalue weighted by molar-refractivity contribution is 7.99. The first-order chi connectivity index (χ1) is 9.94. The van der Waals surface area contributed by atoms with Gasteiger partial charge in [0.25, 0.3) is 11.1 Å². The summed E-state index contributed by atoms with van der Waals surface area (Å²) in [5.74, 6) is 0.995. The Morgan fingerprint density at radius 3 is 2.62 bits per heavy atom. The number of thioether (sulfide) groups is 1. The highest BCUT2D eigenvalue weighted by Crippen LogP contribution is 2.18. The quantitative estimate of drug-likeness (QED) is 0.735. The number of hydrogen-bond acceptors (Lipinski definition) is 6. The molecule has 21 heavy (non-hydrogen) atoms. The predicted octanol–water partition coefficient (Wildman–Crippen LogP) is -0.558. The summed E-state index contributed by atoms with van der Waals surface area (Å²) in [6.07, 6.45) is 0.168. The number of ether oxygens (including phenoxy) is 1. The second-order valence-corrected chi connectivity index (χ2v) is 6.62. The molecule has 0 spiro atoms. The molecule has 0 unspecified atom stereocenters. The van der Waals surface area contributed by atoms with Crippen LogP contribution in [0.25, 0.3) is 0 Å². The van der Waals surface area contributed by atoms with Crippen LogP contribution in [0.3, 0.4) is 0 Å². The number of quaternary nitrogens is 1. The third-order valence-corrected chi connectivity index (χ3v) is 3.85. The lowest BCUT2D eigenvalue weighted by molar-refractivity contribution is -0.874. The first-order valence-electron chi connectivity index (χ1n) is 7.11. The van der Waals surface area contributed by atoms with Crippen LogP contribution in [0.1, 0.15) is 19.7 Å². The molecule has 1 aliphatic heterocycles. The van der Waals surface area contributed by atoms with Gasteiger partial charge in [-0.2, -0.15) is 0 Å². The molecule has 1 aromatic rings. The smallest absolute Gasteiger partial charge is 0.277 e. The van der Waals surface area contributed by atoms with Crippen LogP contribution >= 0.6 is 11.8 Å². The minimum absolute atomic E-state index is 0.0833. The molecule has 0 aliphatic carbocycles. The van der Waals surface area contributed by atoms with Crippen LogP contribution in [0.2, 0.25) is 0 Å². The minimum Gasteiger partial charge on any atom is -0.410 e. The molecule has 2 heterocycles. The number of carbonyl (C=O) groups excluding carboxylic acids is 1. The van der Waals surface area contributed by atoms with Gasteiger partial charge < -0.3 is 19.0 Å². The Morgan fingerprint density at radius 1 is 1.33 bits per heavy atom. The van der Waals surface area contributed by atoms with Crippen molar-refractivity contribution in [2.45, 2.75) is 37.8 Å². The molecule has 0 bridgehead atoms. The van der Waals surface area contributed by atoms with Crippen molar-refractivity contribution in [1.82, 2.24) is 15.1 Å². The fourth-order valence-electron chi connectivity index (χ4n) is 2.27. The predicted molar refractivity (Wildman–Crippen MR) is 78.1 cm³/mol. The van der Waals surface area contributed by atoms with Crippen molar-refractivity contribution in [1.29, 1.82) is 0 Å². The Labute approximate surface area is 129 Å². The molecule has 1 aliphatic rings. The average Bonchev–Trinajstić information content (AvgIpc) is 2.81. The highest BCUT2D eigenvalue weighted by atomic mass is 32.2. The number of aromatic nitrogens is 2. The second kappa shape index (κ2) is 7.24. The van der Waals surface area contributed by atoms with Crippen molar-refractivity contribution >= 4 is 17.7 Å². The number of rotatable bonds is 5. The van der Waals surface area contributed by atoms with Crippen LogP contribution in [0.5, 0.6) is 0 Å². The molecule has 8 heteroatoms. The van der Waals surface area contributed by atoms with Gasteiger partial charge in [0.1, 0.15) is 0 Å². The maximum Gasteiger partial charge on any atom is 0.277 e. The van der Waals surface area contributed by atoms with E-state index in [0.717, 1.165) is 0 Å². The zero-order valence-electron chi connectivity index (χ0n) is 13.0. The summed E-state index contributed by atoms with van der Waals surface area (Å²) in [7, 11) is 4.03. The van der Waals surface area contributed by atoms with E-state index in [0.29, 0.717) is 36.5 Å². The summed E-state index contributed by atoms with van der Waals surface area (Å²) in [5, 5.41) is 8.37. The van der Waals surface area contributed by atoms with Gasteiger partial charge in [-0.15, -0.1) is 10.2 Å². The molecule has 0 radical (unpaired) electrons. The van der Waals surface area contributed by atoms with Gasteiger partial charge in [-0.05, 0) is 13.8 Å². The third-order valence-electron chi connectivity index (χ3n) is 3.04. The molecule has 7 nitrogen and oxygen atoms in total. The summed E-state index contributed by atoms with van der Waals surface area (Å²) in [5.41, 5.74) is 0. The fraction of sp³-hybridized carbons (Fsp3) is 0.769. The number of morpholine rings is 1. The van der Waals surface area contributed by atoms with E-state index >= 15 is 0 Å². The van der Waals surface area contributed by atoms with Gasteiger partial charge in [0.05, 0.1) is 32.1 Å². The summed E-state index contributed by atoms with van der Waals surface area (Å²) in [6, 6.07) is 0. The first kappa shape index (κ1) is 16.3. The summed E-state index contributed by atoms with van der Waals surface area (Å²) in [6.45, 7) is 5.93. The van der Waals surface area contributed by atoms with Crippen LogP contribution in [0, 0.1) is 0 Å². The summed E-state index contributed by atoms with van der Waals surface area (Å²) in [4.78, 5) is 15.3. The Balaban J connectivity index is 1.82. The van der Waals surface area contributed by atoms with Gasteiger partial charge in [-0.25, -0.2) is 0 Å². The molecule has 2 atom stereocenters. The van der Waals surface area contributed by atoms with E-state index in [1.165, 1.54) is 16.7 Å². The molecule has 1 N–H and O–H groups in total. The minimum atomic E-state index is 0.0833.